The summed E-state index contributed by atoms with van der Waals surface area (Å²) in [5, 5.41) is 0.515. The first kappa shape index (κ1) is 15.6. The predicted molar refractivity (Wildman–Crippen MR) is 61.1 cm³/mol. The highest BCUT2D eigenvalue weighted by molar-refractivity contribution is 6.02. The minimum Gasteiger partial charge on any atom is -0.293 e. The van der Waals surface area contributed by atoms with E-state index in [2.05, 4.69) is 9.68 Å². The average molecular weight is 286 g/mol. The summed E-state index contributed by atoms with van der Waals surface area (Å²) >= 11 is 0. The van der Waals surface area contributed by atoms with Crippen LogP contribution >= 0.6 is 0 Å². The molecule has 20 heavy (non-hydrogen) atoms. The predicted octanol–water partition coefficient (Wildman–Crippen LogP) is 0.294. The molecule has 110 valence electrons. The lowest BCUT2D eigenvalue weighted by Crippen LogP contribution is -2.37. The minimum atomic E-state index is -1.48. The fraction of sp³-hybridized carbons (Fsp3) is 0.545. The first-order chi connectivity index (χ1) is 9.49. The topological polar surface area (TPSA) is 110 Å². The molecule has 0 aromatic rings. The molecule has 0 radical (unpaired) electrons. The molecule has 2 fully saturated rings. The number of hydrogen-bond acceptors (Lipinski definition) is 7. The normalized spacial score (nSPS) is 18.1. The number of amides is 4. The Balaban J connectivity index is 0.000000956. The minimum absolute atomic E-state index is 0.0618. The van der Waals surface area contributed by atoms with Crippen LogP contribution in [0.15, 0.2) is 0 Å². The van der Waals surface area contributed by atoms with E-state index in [9.17, 15) is 24.0 Å². The number of rotatable bonds is 2. The first-order valence-corrected chi connectivity index (χ1v) is 6.10. The van der Waals surface area contributed by atoms with Gasteiger partial charge in [-0.2, -0.15) is 4.79 Å². The van der Waals surface area contributed by atoms with Crippen LogP contribution in [0.25, 0.3) is 0 Å². The zero-order valence-corrected chi connectivity index (χ0v) is 11.1. The van der Waals surface area contributed by atoms with Crippen molar-refractivity contribution in [3.63, 3.8) is 0 Å². The van der Waals surface area contributed by atoms with E-state index < -0.39 is 29.8 Å². The summed E-state index contributed by atoms with van der Waals surface area (Å²) in [5.41, 5.74) is 0. The summed E-state index contributed by atoms with van der Waals surface area (Å²) in [4.78, 5) is 64.3. The van der Waals surface area contributed by atoms with Crippen LogP contribution in [0.5, 0.6) is 0 Å². The lowest BCUT2D eigenvalue weighted by molar-refractivity contribution is -0.198. The second-order valence-electron chi connectivity index (χ2n) is 3.60. The third-order valence-electron chi connectivity index (χ3n) is 2.34. The molecule has 9 nitrogen and oxygen atoms in total. The van der Waals surface area contributed by atoms with Gasteiger partial charge in [-0.1, -0.05) is 24.0 Å². The lowest BCUT2D eigenvalue weighted by Gasteiger charge is -2.15. The number of carbonyl (C=O) groups excluding carboxylic acids is 5. The Bertz CT molecular complexity index is 388. The van der Waals surface area contributed by atoms with Gasteiger partial charge < -0.3 is 0 Å². The lowest BCUT2D eigenvalue weighted by atomic mass is 10.4. The van der Waals surface area contributed by atoms with Gasteiger partial charge in [0.1, 0.15) is 0 Å². The maximum atomic E-state index is 11.2. The highest BCUT2D eigenvalue weighted by Crippen LogP contribution is 2.15. The number of imide groups is 2. The Morgan fingerprint density at radius 1 is 0.750 bits per heavy atom. The average Bonchev–Trinajstić information content (AvgIpc) is 2.91. The SMILES string of the molecule is CC.O=C(ON1C(=O)CCC1=O)ON1C(=O)CCC1=O. The van der Waals surface area contributed by atoms with E-state index >= 15 is 0 Å². The fourth-order valence-electron chi connectivity index (χ4n) is 1.48. The molecule has 2 aliphatic rings. The molecule has 0 unspecified atom stereocenters. The Labute approximate surface area is 114 Å². The Morgan fingerprint density at radius 3 is 1.25 bits per heavy atom. The van der Waals surface area contributed by atoms with E-state index in [1.54, 1.807) is 0 Å². The molecule has 9 heteroatoms. The van der Waals surface area contributed by atoms with E-state index in [-0.39, 0.29) is 35.8 Å². The van der Waals surface area contributed by atoms with Gasteiger partial charge in [-0.3, -0.25) is 28.9 Å². The van der Waals surface area contributed by atoms with Crippen molar-refractivity contribution in [1.82, 2.24) is 10.1 Å². The molecule has 0 aromatic carbocycles. The number of hydroxylamine groups is 4. The molecule has 2 saturated heterocycles. The third kappa shape index (κ3) is 3.31. The number of nitrogens with zero attached hydrogens (tertiary/aromatic N) is 2. The van der Waals surface area contributed by atoms with E-state index in [0.29, 0.717) is 0 Å². The van der Waals surface area contributed by atoms with Gasteiger partial charge in [-0.05, 0) is 0 Å². The second kappa shape index (κ2) is 6.64. The van der Waals surface area contributed by atoms with Gasteiger partial charge in [0.25, 0.3) is 23.6 Å². The molecule has 0 spiro atoms. The van der Waals surface area contributed by atoms with Crippen molar-refractivity contribution in [3.8, 4) is 0 Å². The van der Waals surface area contributed by atoms with Gasteiger partial charge in [0.2, 0.25) is 0 Å². The quantitative estimate of drug-likeness (QED) is 0.671. The summed E-state index contributed by atoms with van der Waals surface area (Å²) in [6.07, 6.45) is -1.73. The zero-order valence-electron chi connectivity index (χ0n) is 11.1. The molecular weight excluding hydrogens is 272 g/mol. The van der Waals surface area contributed by atoms with Gasteiger partial charge in [0.05, 0.1) is 0 Å². The summed E-state index contributed by atoms with van der Waals surface area (Å²) < 4.78 is 0. The van der Waals surface area contributed by atoms with Gasteiger partial charge in [-0.25, -0.2) is 0 Å². The van der Waals surface area contributed by atoms with Gasteiger partial charge >= 0.3 is 6.16 Å². The standard InChI is InChI=1S/C9H8N2O7.C2H6/c12-5-1-2-6(13)10(5)17-9(16)18-11-7(14)3-4-8(11)15;1-2/h1-4H2;1-2H3. The van der Waals surface area contributed by atoms with Crippen LogP contribution in [-0.2, 0) is 28.9 Å². The fourth-order valence-corrected chi connectivity index (χ4v) is 1.48. The van der Waals surface area contributed by atoms with E-state index in [4.69, 9.17) is 0 Å². The summed E-state index contributed by atoms with van der Waals surface area (Å²) in [7, 11) is 0. The molecule has 0 aliphatic carbocycles. The van der Waals surface area contributed by atoms with Crippen molar-refractivity contribution in [1.29, 1.82) is 0 Å². The van der Waals surface area contributed by atoms with Crippen molar-refractivity contribution < 1.29 is 33.6 Å². The number of carbonyl (C=O) groups is 5. The largest absolute Gasteiger partial charge is 0.560 e. The Morgan fingerprint density at radius 2 is 1.00 bits per heavy atom. The number of hydrogen-bond donors (Lipinski definition) is 0. The molecular formula is C11H14N2O7. The maximum absolute atomic E-state index is 11.2. The monoisotopic (exact) mass is 286 g/mol. The first-order valence-electron chi connectivity index (χ1n) is 6.10. The van der Waals surface area contributed by atoms with Gasteiger partial charge in [0.15, 0.2) is 0 Å². The van der Waals surface area contributed by atoms with Crippen LogP contribution in [0.2, 0.25) is 0 Å². The van der Waals surface area contributed by atoms with Crippen LogP contribution in [0.3, 0.4) is 0 Å². The van der Waals surface area contributed by atoms with E-state index in [1.807, 2.05) is 13.8 Å². The molecule has 0 aromatic heterocycles. The molecule has 2 rings (SSSR count). The van der Waals surface area contributed by atoms with Crippen molar-refractivity contribution in [3.05, 3.63) is 0 Å². The Hall–Kier alpha value is -2.45. The van der Waals surface area contributed by atoms with Crippen molar-refractivity contribution in [2.24, 2.45) is 0 Å². The molecule has 0 N–H and O–H groups in total. The smallest absolute Gasteiger partial charge is 0.293 e. The van der Waals surface area contributed by atoms with Crippen LogP contribution in [0.4, 0.5) is 4.79 Å². The zero-order chi connectivity index (χ0) is 15.3. The van der Waals surface area contributed by atoms with Crippen LogP contribution in [0, 0.1) is 0 Å². The highest BCUT2D eigenvalue weighted by Gasteiger charge is 2.37. The second-order valence-corrected chi connectivity index (χ2v) is 3.60. The summed E-state index contributed by atoms with van der Waals surface area (Å²) in [6, 6.07) is 0. The van der Waals surface area contributed by atoms with Crippen LogP contribution in [-0.4, -0.2) is 39.9 Å². The molecule has 0 saturated carbocycles. The summed E-state index contributed by atoms with van der Waals surface area (Å²) in [5.74, 6) is -2.74. The highest BCUT2D eigenvalue weighted by atomic mass is 16.9. The van der Waals surface area contributed by atoms with Gasteiger partial charge in [-0.15, -0.1) is 0 Å². The molecule has 4 amide bonds. The van der Waals surface area contributed by atoms with E-state index in [0.717, 1.165) is 0 Å². The van der Waals surface area contributed by atoms with Crippen molar-refractivity contribution >= 4 is 29.8 Å². The maximum Gasteiger partial charge on any atom is 0.560 e. The van der Waals surface area contributed by atoms with Crippen LogP contribution < -0.4 is 0 Å². The molecule has 0 atom stereocenters. The van der Waals surface area contributed by atoms with E-state index in [1.165, 1.54) is 0 Å². The molecule has 2 heterocycles. The van der Waals surface area contributed by atoms with Crippen LogP contribution in [0.1, 0.15) is 39.5 Å². The Kier molecular flexibility index (Phi) is 5.18. The summed E-state index contributed by atoms with van der Waals surface area (Å²) in [6.45, 7) is 4.00. The molecule has 2 aliphatic heterocycles. The third-order valence-corrected chi connectivity index (χ3v) is 2.34. The molecule has 0 bridgehead atoms. The van der Waals surface area contributed by atoms with Gasteiger partial charge in [0, 0.05) is 25.7 Å². The van der Waals surface area contributed by atoms with Crippen molar-refractivity contribution in [2.45, 2.75) is 39.5 Å². The van der Waals surface area contributed by atoms with Crippen molar-refractivity contribution in [2.75, 3.05) is 0 Å².